The Morgan fingerprint density at radius 3 is 2.52 bits per heavy atom. The van der Waals surface area contributed by atoms with Crippen molar-refractivity contribution in [2.24, 2.45) is 0 Å². The van der Waals surface area contributed by atoms with Gasteiger partial charge in [-0.2, -0.15) is 0 Å². The highest BCUT2D eigenvalue weighted by Gasteiger charge is 2.40. The number of likely N-dealkylation sites (N-methyl/N-ethyl adjacent to an activating group) is 1. The third-order valence-corrected chi connectivity index (χ3v) is 4.87. The van der Waals surface area contributed by atoms with E-state index in [-0.39, 0.29) is 12.1 Å². The average Bonchev–Trinajstić information content (AvgIpc) is 3.27. The molecular formula is C19H19N5S. The summed E-state index contributed by atoms with van der Waals surface area (Å²) in [5.41, 5.74) is 2.13. The first-order valence-electron chi connectivity index (χ1n) is 8.36. The Kier molecular flexibility index (Phi) is 4.19. The van der Waals surface area contributed by atoms with Crippen LogP contribution in [-0.2, 0) is 0 Å². The summed E-state index contributed by atoms with van der Waals surface area (Å²) in [6, 6.07) is 16.2. The van der Waals surface area contributed by atoms with Crippen LogP contribution in [0, 0.1) is 0 Å². The van der Waals surface area contributed by atoms with Gasteiger partial charge in [0.1, 0.15) is 5.82 Å². The summed E-state index contributed by atoms with van der Waals surface area (Å²) >= 11 is 5.59. The number of pyridine rings is 2. The first-order chi connectivity index (χ1) is 12.3. The molecule has 126 valence electrons. The van der Waals surface area contributed by atoms with E-state index < -0.39 is 0 Å². The molecule has 0 unspecified atom stereocenters. The smallest absolute Gasteiger partial charge is 0.170 e. The minimum atomic E-state index is 0.00557. The Balaban J connectivity index is 1.81. The summed E-state index contributed by atoms with van der Waals surface area (Å²) in [6.45, 7) is 2.95. The predicted molar refractivity (Wildman–Crippen MR) is 101 cm³/mol. The minimum absolute atomic E-state index is 0.00557. The molecule has 3 aromatic heterocycles. The molecule has 1 aliphatic rings. The highest BCUT2D eigenvalue weighted by Crippen LogP contribution is 2.38. The molecule has 0 aromatic carbocycles. The molecule has 3 aromatic rings. The molecule has 0 aliphatic carbocycles. The lowest BCUT2D eigenvalue weighted by molar-refractivity contribution is 0.321. The van der Waals surface area contributed by atoms with E-state index in [4.69, 9.17) is 12.2 Å². The molecule has 5 nitrogen and oxygen atoms in total. The van der Waals surface area contributed by atoms with Gasteiger partial charge in [0.2, 0.25) is 0 Å². The van der Waals surface area contributed by atoms with E-state index in [1.165, 1.54) is 0 Å². The lowest BCUT2D eigenvalue weighted by Gasteiger charge is -2.27. The van der Waals surface area contributed by atoms with Gasteiger partial charge < -0.3 is 14.8 Å². The fourth-order valence-corrected chi connectivity index (χ4v) is 3.78. The molecule has 0 spiro atoms. The van der Waals surface area contributed by atoms with Gasteiger partial charge in [0.15, 0.2) is 5.11 Å². The van der Waals surface area contributed by atoms with Gasteiger partial charge in [0.05, 0.1) is 17.8 Å². The molecule has 1 N–H and O–H groups in total. The van der Waals surface area contributed by atoms with Crippen molar-refractivity contribution in [3.05, 3.63) is 78.5 Å². The minimum Gasteiger partial charge on any atom is -0.352 e. The lowest BCUT2D eigenvalue weighted by Crippen LogP contribution is -2.30. The van der Waals surface area contributed by atoms with Gasteiger partial charge in [-0.3, -0.25) is 4.98 Å². The van der Waals surface area contributed by atoms with Crippen molar-refractivity contribution in [3.8, 4) is 5.82 Å². The van der Waals surface area contributed by atoms with Crippen molar-refractivity contribution in [1.82, 2.24) is 24.8 Å². The normalized spacial score (nSPS) is 19.9. The molecule has 0 radical (unpaired) electrons. The largest absolute Gasteiger partial charge is 0.352 e. The third kappa shape index (κ3) is 2.78. The SMILES string of the molecule is CCN1C(=S)N[C@H](c2ccccn2)[C@@H]1c1cccn1-c1ccccn1. The standard InChI is InChI=1S/C19H19N5S/c1-2-23-18(17(22-19(23)25)14-8-3-5-11-20-14)15-9-7-13-24(15)16-10-4-6-12-21-16/h3-13,17-18H,2H2,1H3,(H,22,25)/t17-,18+/m1/s1. The predicted octanol–water partition coefficient (Wildman–Crippen LogP) is 3.26. The summed E-state index contributed by atoms with van der Waals surface area (Å²) < 4.78 is 2.12. The summed E-state index contributed by atoms with van der Waals surface area (Å²) in [6.07, 6.45) is 5.68. The Labute approximate surface area is 152 Å². The number of nitrogens with one attached hydrogen (secondary N) is 1. The summed E-state index contributed by atoms with van der Waals surface area (Å²) in [5, 5.41) is 4.21. The van der Waals surface area contributed by atoms with Crippen LogP contribution in [-0.4, -0.2) is 31.1 Å². The van der Waals surface area contributed by atoms with E-state index in [9.17, 15) is 0 Å². The van der Waals surface area contributed by atoms with Crippen LogP contribution < -0.4 is 5.32 Å². The van der Waals surface area contributed by atoms with Crippen LogP contribution in [0.3, 0.4) is 0 Å². The van der Waals surface area contributed by atoms with Gasteiger partial charge in [-0.25, -0.2) is 4.98 Å². The van der Waals surface area contributed by atoms with E-state index in [0.717, 1.165) is 28.9 Å². The Morgan fingerprint density at radius 2 is 1.84 bits per heavy atom. The molecule has 0 amide bonds. The quantitative estimate of drug-likeness (QED) is 0.733. The van der Waals surface area contributed by atoms with Crippen LogP contribution >= 0.6 is 12.2 Å². The van der Waals surface area contributed by atoms with Crippen molar-refractivity contribution in [1.29, 1.82) is 0 Å². The van der Waals surface area contributed by atoms with E-state index in [0.29, 0.717) is 0 Å². The molecule has 1 saturated heterocycles. The third-order valence-electron chi connectivity index (χ3n) is 4.52. The van der Waals surface area contributed by atoms with Crippen molar-refractivity contribution < 1.29 is 0 Å². The number of aromatic nitrogens is 3. The number of thiocarbonyl (C=S) groups is 1. The zero-order valence-electron chi connectivity index (χ0n) is 13.9. The summed E-state index contributed by atoms with van der Waals surface area (Å²) in [5.74, 6) is 0.899. The van der Waals surface area contributed by atoms with Crippen LogP contribution in [0.1, 0.15) is 30.4 Å². The first-order valence-corrected chi connectivity index (χ1v) is 8.77. The Hall–Kier alpha value is -2.73. The van der Waals surface area contributed by atoms with Crippen molar-refractivity contribution >= 4 is 17.3 Å². The molecule has 4 heterocycles. The summed E-state index contributed by atoms with van der Waals surface area (Å²) in [7, 11) is 0. The first kappa shape index (κ1) is 15.8. The topological polar surface area (TPSA) is 46.0 Å². The number of rotatable bonds is 4. The van der Waals surface area contributed by atoms with E-state index in [2.05, 4.69) is 43.8 Å². The second kappa shape index (κ2) is 6.64. The van der Waals surface area contributed by atoms with Gasteiger partial charge in [-0.1, -0.05) is 12.1 Å². The Bertz CT molecular complexity index is 862. The molecule has 1 fully saturated rings. The maximum Gasteiger partial charge on any atom is 0.170 e. The monoisotopic (exact) mass is 349 g/mol. The highest BCUT2D eigenvalue weighted by atomic mass is 32.1. The number of hydrogen-bond acceptors (Lipinski definition) is 3. The van der Waals surface area contributed by atoms with Crippen molar-refractivity contribution in [2.45, 2.75) is 19.0 Å². The fourth-order valence-electron chi connectivity index (χ4n) is 3.41. The molecule has 1 aliphatic heterocycles. The molecule has 25 heavy (non-hydrogen) atoms. The number of hydrogen-bond donors (Lipinski definition) is 1. The molecule has 4 rings (SSSR count). The van der Waals surface area contributed by atoms with Gasteiger partial charge in [-0.15, -0.1) is 0 Å². The van der Waals surface area contributed by atoms with E-state index in [1.54, 1.807) is 0 Å². The zero-order chi connectivity index (χ0) is 17.2. The van der Waals surface area contributed by atoms with Crippen LogP contribution in [0.2, 0.25) is 0 Å². The molecule has 0 saturated carbocycles. The molecule has 6 heteroatoms. The van der Waals surface area contributed by atoms with Gasteiger partial charge in [-0.05, 0) is 55.5 Å². The van der Waals surface area contributed by atoms with Gasteiger partial charge in [0.25, 0.3) is 0 Å². The molecule has 2 atom stereocenters. The van der Waals surface area contributed by atoms with Crippen LogP contribution in [0.4, 0.5) is 0 Å². The Morgan fingerprint density at radius 1 is 1.04 bits per heavy atom. The van der Waals surface area contributed by atoms with Crippen molar-refractivity contribution in [3.63, 3.8) is 0 Å². The lowest BCUT2D eigenvalue weighted by atomic mass is 10.0. The summed E-state index contributed by atoms with van der Waals surface area (Å²) in [4.78, 5) is 11.3. The fraction of sp³-hybridized carbons (Fsp3) is 0.211. The zero-order valence-corrected chi connectivity index (χ0v) is 14.7. The van der Waals surface area contributed by atoms with E-state index in [1.807, 2.05) is 55.0 Å². The highest BCUT2D eigenvalue weighted by molar-refractivity contribution is 7.80. The van der Waals surface area contributed by atoms with Crippen LogP contribution in [0.25, 0.3) is 5.82 Å². The number of nitrogens with zero attached hydrogens (tertiary/aromatic N) is 4. The van der Waals surface area contributed by atoms with Crippen LogP contribution in [0.15, 0.2) is 67.1 Å². The molecule has 0 bridgehead atoms. The molecular weight excluding hydrogens is 330 g/mol. The second-order valence-electron chi connectivity index (χ2n) is 5.90. The second-order valence-corrected chi connectivity index (χ2v) is 6.29. The van der Waals surface area contributed by atoms with E-state index >= 15 is 0 Å². The van der Waals surface area contributed by atoms with Gasteiger partial charge in [0, 0.05) is 30.8 Å². The van der Waals surface area contributed by atoms with Crippen LogP contribution in [0.5, 0.6) is 0 Å². The maximum absolute atomic E-state index is 5.59. The van der Waals surface area contributed by atoms with Crippen molar-refractivity contribution in [2.75, 3.05) is 6.54 Å². The average molecular weight is 349 g/mol. The maximum atomic E-state index is 5.59. The van der Waals surface area contributed by atoms with Gasteiger partial charge >= 0.3 is 0 Å².